The third-order valence-corrected chi connectivity index (χ3v) is 1.92. The Morgan fingerprint density at radius 1 is 1.67 bits per heavy atom. The van der Waals surface area contributed by atoms with Gasteiger partial charge in [0.1, 0.15) is 0 Å². The van der Waals surface area contributed by atoms with Crippen molar-refractivity contribution in [1.29, 1.82) is 0 Å². The highest BCUT2D eigenvalue weighted by Gasteiger charge is 2.20. The molecule has 0 aliphatic carbocycles. The van der Waals surface area contributed by atoms with Gasteiger partial charge in [-0.3, -0.25) is 4.79 Å². The van der Waals surface area contributed by atoms with Crippen molar-refractivity contribution < 1.29 is 9.90 Å². The molecule has 12 heavy (non-hydrogen) atoms. The molecule has 0 aromatic heterocycles. The topological polar surface area (TPSA) is 40.5 Å². The summed E-state index contributed by atoms with van der Waals surface area (Å²) in [6, 6.07) is 0. The van der Waals surface area contributed by atoms with E-state index < -0.39 is 0 Å². The molecule has 0 bridgehead atoms. The van der Waals surface area contributed by atoms with E-state index in [1.807, 2.05) is 0 Å². The number of carbonyl (C=O) groups excluding carboxylic acids is 1. The van der Waals surface area contributed by atoms with E-state index in [2.05, 4.69) is 11.8 Å². The van der Waals surface area contributed by atoms with Crippen molar-refractivity contribution in [1.82, 2.24) is 4.90 Å². The normalized spacial score (nSPS) is 22.8. The minimum atomic E-state index is -0.360. The molecule has 0 radical (unpaired) electrons. The van der Waals surface area contributed by atoms with Crippen LogP contribution in [-0.2, 0) is 4.79 Å². The molecule has 1 atom stereocenters. The van der Waals surface area contributed by atoms with Crippen molar-refractivity contribution in [2.24, 2.45) is 0 Å². The summed E-state index contributed by atoms with van der Waals surface area (Å²) in [5, 5.41) is 9.25. The fraction of sp³-hybridized carbons (Fsp3) is 0.667. The van der Waals surface area contributed by atoms with Crippen LogP contribution in [0.4, 0.5) is 0 Å². The molecule has 0 saturated carbocycles. The zero-order valence-electron chi connectivity index (χ0n) is 7.21. The van der Waals surface area contributed by atoms with Crippen molar-refractivity contribution in [2.45, 2.75) is 25.9 Å². The van der Waals surface area contributed by atoms with Crippen LogP contribution in [0.25, 0.3) is 0 Å². The predicted molar refractivity (Wildman–Crippen MR) is 45.3 cm³/mol. The van der Waals surface area contributed by atoms with Crippen LogP contribution in [-0.4, -0.2) is 35.1 Å². The summed E-state index contributed by atoms with van der Waals surface area (Å²) in [6.07, 6.45) is 1.31. The second kappa shape index (κ2) is 4.13. The van der Waals surface area contributed by atoms with Gasteiger partial charge in [0, 0.05) is 13.1 Å². The summed E-state index contributed by atoms with van der Waals surface area (Å²) in [5.41, 5.74) is 0. The smallest absolute Gasteiger partial charge is 0.298 e. The largest absolute Gasteiger partial charge is 0.391 e. The van der Waals surface area contributed by atoms with Crippen LogP contribution in [0.5, 0.6) is 0 Å². The van der Waals surface area contributed by atoms with Gasteiger partial charge in [0.25, 0.3) is 5.91 Å². The Labute approximate surface area is 72.4 Å². The average molecular weight is 167 g/mol. The van der Waals surface area contributed by atoms with Gasteiger partial charge >= 0.3 is 0 Å². The Bertz CT molecular complexity index is 226. The van der Waals surface area contributed by atoms with Crippen LogP contribution >= 0.6 is 0 Å². The van der Waals surface area contributed by atoms with E-state index in [9.17, 15) is 9.90 Å². The number of nitrogens with zero attached hydrogens (tertiary/aromatic N) is 1. The second-order valence-corrected chi connectivity index (χ2v) is 2.92. The van der Waals surface area contributed by atoms with Gasteiger partial charge in [0.15, 0.2) is 0 Å². The van der Waals surface area contributed by atoms with Crippen molar-refractivity contribution >= 4 is 5.91 Å². The fourth-order valence-corrected chi connectivity index (χ4v) is 1.33. The molecule has 1 aliphatic rings. The average Bonchev–Trinajstić information content (AvgIpc) is 2.05. The maximum Gasteiger partial charge on any atom is 0.298 e. The van der Waals surface area contributed by atoms with E-state index in [0.717, 1.165) is 19.4 Å². The van der Waals surface area contributed by atoms with Gasteiger partial charge in [0.2, 0.25) is 0 Å². The number of aliphatic hydroxyl groups is 1. The Kier molecular flexibility index (Phi) is 3.12. The molecule has 1 aliphatic heterocycles. The first-order valence-corrected chi connectivity index (χ1v) is 4.13. The molecule has 0 aromatic carbocycles. The lowest BCUT2D eigenvalue weighted by Crippen LogP contribution is -2.41. The van der Waals surface area contributed by atoms with Crippen molar-refractivity contribution in [3.63, 3.8) is 0 Å². The van der Waals surface area contributed by atoms with Crippen LogP contribution in [0, 0.1) is 11.8 Å². The van der Waals surface area contributed by atoms with Crippen molar-refractivity contribution in [2.75, 3.05) is 13.1 Å². The molecular formula is C9H13NO2. The van der Waals surface area contributed by atoms with E-state index in [1.54, 1.807) is 11.8 Å². The number of rotatable bonds is 0. The first-order chi connectivity index (χ1) is 5.74. The monoisotopic (exact) mass is 167 g/mol. The number of aliphatic hydroxyl groups excluding tert-OH is 1. The Morgan fingerprint density at radius 2 is 2.42 bits per heavy atom. The molecule has 1 fully saturated rings. The van der Waals surface area contributed by atoms with E-state index in [-0.39, 0.29) is 12.0 Å². The first kappa shape index (κ1) is 9.08. The number of β-amino-alcohol motifs (C(OH)–C–C–N with tert-alkyl or cyclic N) is 1. The summed E-state index contributed by atoms with van der Waals surface area (Å²) < 4.78 is 0. The highest BCUT2D eigenvalue weighted by molar-refractivity contribution is 5.93. The van der Waals surface area contributed by atoms with Crippen LogP contribution in [0.1, 0.15) is 19.8 Å². The molecule has 3 heteroatoms. The van der Waals surface area contributed by atoms with Crippen LogP contribution < -0.4 is 0 Å². The molecule has 1 N–H and O–H groups in total. The second-order valence-electron chi connectivity index (χ2n) is 2.92. The number of likely N-dealkylation sites (tertiary alicyclic amines) is 1. The zero-order chi connectivity index (χ0) is 8.97. The molecule has 66 valence electrons. The highest BCUT2D eigenvalue weighted by atomic mass is 16.3. The fourth-order valence-electron chi connectivity index (χ4n) is 1.33. The molecule has 1 saturated heterocycles. The van der Waals surface area contributed by atoms with Gasteiger partial charge in [-0.2, -0.15) is 0 Å². The Morgan fingerprint density at radius 3 is 3.00 bits per heavy atom. The predicted octanol–water partition coefficient (Wildman–Crippen LogP) is -0.00700. The van der Waals surface area contributed by atoms with Gasteiger partial charge in [-0.1, -0.05) is 5.92 Å². The summed E-state index contributed by atoms with van der Waals surface area (Å²) in [4.78, 5) is 12.8. The van der Waals surface area contributed by atoms with E-state index in [0.29, 0.717) is 6.54 Å². The number of hydrogen-bond acceptors (Lipinski definition) is 2. The van der Waals surface area contributed by atoms with Gasteiger partial charge in [0.05, 0.1) is 6.10 Å². The number of carbonyl (C=O) groups is 1. The standard InChI is InChI=1S/C9H13NO2/c1-2-4-9(12)10-6-3-5-8(11)7-10/h8,11H,3,5-7H2,1H3/t8-/m0/s1. The summed E-state index contributed by atoms with van der Waals surface area (Å²) in [7, 11) is 0. The molecule has 1 heterocycles. The van der Waals surface area contributed by atoms with E-state index in [1.165, 1.54) is 0 Å². The Hall–Kier alpha value is -1.01. The van der Waals surface area contributed by atoms with Gasteiger partial charge in [-0.05, 0) is 25.7 Å². The maximum absolute atomic E-state index is 11.2. The molecule has 1 rings (SSSR count). The van der Waals surface area contributed by atoms with Crippen molar-refractivity contribution in [3.8, 4) is 11.8 Å². The minimum Gasteiger partial charge on any atom is -0.391 e. The summed E-state index contributed by atoms with van der Waals surface area (Å²) in [5.74, 6) is 4.85. The summed E-state index contributed by atoms with van der Waals surface area (Å²) >= 11 is 0. The van der Waals surface area contributed by atoms with Crippen LogP contribution in [0.3, 0.4) is 0 Å². The molecule has 0 spiro atoms. The third kappa shape index (κ3) is 2.24. The molecule has 3 nitrogen and oxygen atoms in total. The lowest BCUT2D eigenvalue weighted by molar-refractivity contribution is -0.128. The number of piperidine rings is 1. The van der Waals surface area contributed by atoms with E-state index >= 15 is 0 Å². The summed E-state index contributed by atoms with van der Waals surface area (Å²) in [6.45, 7) is 2.80. The highest BCUT2D eigenvalue weighted by Crippen LogP contribution is 2.09. The Balaban J connectivity index is 2.49. The van der Waals surface area contributed by atoms with Gasteiger partial charge in [-0.25, -0.2) is 0 Å². The van der Waals surface area contributed by atoms with Crippen LogP contribution in [0.2, 0.25) is 0 Å². The number of amides is 1. The minimum absolute atomic E-state index is 0.170. The van der Waals surface area contributed by atoms with Gasteiger partial charge in [-0.15, -0.1) is 0 Å². The molecule has 0 unspecified atom stereocenters. The van der Waals surface area contributed by atoms with E-state index in [4.69, 9.17) is 0 Å². The SMILES string of the molecule is CC#CC(=O)N1CCC[C@H](O)C1. The number of hydrogen-bond donors (Lipinski definition) is 1. The zero-order valence-corrected chi connectivity index (χ0v) is 7.21. The van der Waals surface area contributed by atoms with Crippen LogP contribution in [0.15, 0.2) is 0 Å². The molecule has 1 amide bonds. The molecular weight excluding hydrogens is 154 g/mol. The lowest BCUT2D eigenvalue weighted by atomic mass is 10.1. The lowest BCUT2D eigenvalue weighted by Gasteiger charge is -2.28. The molecule has 0 aromatic rings. The third-order valence-electron chi connectivity index (χ3n) is 1.92. The van der Waals surface area contributed by atoms with Crippen molar-refractivity contribution in [3.05, 3.63) is 0 Å². The first-order valence-electron chi connectivity index (χ1n) is 4.13. The quantitative estimate of drug-likeness (QED) is 0.516. The van der Waals surface area contributed by atoms with Gasteiger partial charge < -0.3 is 10.0 Å². The maximum atomic E-state index is 11.2.